The van der Waals surface area contributed by atoms with Crippen LogP contribution < -0.4 is 5.32 Å². The van der Waals surface area contributed by atoms with Gasteiger partial charge in [-0.3, -0.25) is 9.48 Å². The average Bonchev–Trinajstić information content (AvgIpc) is 2.74. The molecule has 1 amide bonds. The van der Waals surface area contributed by atoms with Crippen molar-refractivity contribution in [2.45, 2.75) is 13.5 Å². The Hall–Kier alpha value is -2.15. The van der Waals surface area contributed by atoms with Crippen molar-refractivity contribution in [3.8, 4) is 0 Å². The molecule has 1 aromatic heterocycles. The summed E-state index contributed by atoms with van der Waals surface area (Å²) in [5.74, 6) is -1.32. The zero-order valence-corrected chi connectivity index (χ0v) is 12.2. The van der Waals surface area contributed by atoms with E-state index in [2.05, 4.69) is 26.3 Å². The van der Waals surface area contributed by atoms with E-state index < -0.39 is 5.97 Å². The molecule has 0 saturated carbocycles. The van der Waals surface area contributed by atoms with Crippen molar-refractivity contribution in [2.24, 2.45) is 0 Å². The molecule has 1 heterocycles. The minimum atomic E-state index is -1.05. The van der Waals surface area contributed by atoms with Crippen LogP contribution in [0.15, 0.2) is 34.9 Å². The fourth-order valence-electron chi connectivity index (χ4n) is 1.69. The number of aromatic nitrogens is 2. The lowest BCUT2D eigenvalue weighted by molar-refractivity contribution is -0.116. The van der Waals surface area contributed by atoms with Gasteiger partial charge in [0.05, 0.1) is 11.9 Å². The molecular weight excluding hydrogens is 326 g/mol. The highest BCUT2D eigenvalue weighted by Gasteiger charge is 2.14. The summed E-state index contributed by atoms with van der Waals surface area (Å²) >= 11 is 3.31. The van der Waals surface area contributed by atoms with Crippen molar-refractivity contribution in [1.82, 2.24) is 9.78 Å². The molecule has 0 bridgehead atoms. The predicted molar refractivity (Wildman–Crippen MR) is 76.7 cm³/mol. The van der Waals surface area contributed by atoms with Crippen LogP contribution in [0.25, 0.3) is 0 Å². The molecule has 20 heavy (non-hydrogen) atoms. The minimum Gasteiger partial charge on any atom is -0.478 e. The number of amides is 1. The zero-order chi connectivity index (χ0) is 14.7. The molecule has 2 aromatic rings. The number of anilines is 1. The molecule has 0 radical (unpaired) electrons. The van der Waals surface area contributed by atoms with Gasteiger partial charge in [0.15, 0.2) is 0 Å². The van der Waals surface area contributed by atoms with Gasteiger partial charge >= 0.3 is 5.97 Å². The smallest absolute Gasteiger partial charge is 0.339 e. The standard InChI is InChI=1S/C13H12BrN3O3/c1-8-11(13(19)20)6-15-17(8)7-12(18)16-10-4-2-9(14)3-5-10/h2-6H,7H2,1H3,(H,16,18)(H,19,20). The number of benzene rings is 1. The maximum absolute atomic E-state index is 11.9. The molecule has 0 atom stereocenters. The van der Waals surface area contributed by atoms with Crippen LogP contribution in [0.3, 0.4) is 0 Å². The summed E-state index contributed by atoms with van der Waals surface area (Å²) in [6.45, 7) is 1.58. The second kappa shape index (κ2) is 5.87. The van der Waals surface area contributed by atoms with E-state index in [0.29, 0.717) is 11.4 Å². The summed E-state index contributed by atoms with van der Waals surface area (Å²) in [5.41, 5.74) is 1.21. The molecule has 2 N–H and O–H groups in total. The summed E-state index contributed by atoms with van der Waals surface area (Å²) < 4.78 is 2.28. The number of carboxylic acids is 1. The first-order valence-electron chi connectivity index (χ1n) is 5.78. The fraction of sp³-hybridized carbons (Fsp3) is 0.154. The lowest BCUT2D eigenvalue weighted by Crippen LogP contribution is -2.20. The summed E-state index contributed by atoms with van der Waals surface area (Å²) in [7, 11) is 0. The molecule has 0 fully saturated rings. The van der Waals surface area contributed by atoms with Crippen LogP contribution >= 0.6 is 15.9 Å². The third-order valence-electron chi connectivity index (χ3n) is 2.75. The third-order valence-corrected chi connectivity index (χ3v) is 3.28. The number of hydrogen-bond acceptors (Lipinski definition) is 3. The number of aromatic carboxylic acids is 1. The van der Waals surface area contributed by atoms with Crippen LogP contribution in [0.5, 0.6) is 0 Å². The van der Waals surface area contributed by atoms with Gasteiger partial charge in [0, 0.05) is 10.2 Å². The monoisotopic (exact) mass is 337 g/mol. The predicted octanol–water partition coefficient (Wildman–Crippen LogP) is 2.29. The van der Waals surface area contributed by atoms with Gasteiger partial charge in [-0.25, -0.2) is 4.79 Å². The topological polar surface area (TPSA) is 84.2 Å². The number of nitrogens with zero attached hydrogens (tertiary/aromatic N) is 2. The molecule has 104 valence electrons. The van der Waals surface area contributed by atoms with Gasteiger partial charge in [-0.1, -0.05) is 15.9 Å². The zero-order valence-electron chi connectivity index (χ0n) is 10.6. The van der Waals surface area contributed by atoms with Gasteiger partial charge in [0.25, 0.3) is 0 Å². The van der Waals surface area contributed by atoms with Crippen molar-refractivity contribution in [2.75, 3.05) is 5.32 Å². The molecular formula is C13H12BrN3O3. The van der Waals surface area contributed by atoms with Crippen LogP contribution in [0.4, 0.5) is 5.69 Å². The van der Waals surface area contributed by atoms with Crippen molar-refractivity contribution in [3.05, 3.63) is 46.2 Å². The molecule has 0 aliphatic rings. The maximum Gasteiger partial charge on any atom is 0.339 e. The van der Waals surface area contributed by atoms with Gasteiger partial charge < -0.3 is 10.4 Å². The molecule has 7 heteroatoms. The first-order chi connectivity index (χ1) is 9.47. The second-order valence-electron chi connectivity index (χ2n) is 4.16. The van der Waals surface area contributed by atoms with Gasteiger partial charge in [-0.2, -0.15) is 5.10 Å². The van der Waals surface area contributed by atoms with Gasteiger partial charge in [0.2, 0.25) is 5.91 Å². The van der Waals surface area contributed by atoms with E-state index in [0.717, 1.165) is 4.47 Å². The minimum absolute atomic E-state index is 0.0326. The molecule has 0 spiro atoms. The van der Waals surface area contributed by atoms with Crippen LogP contribution in [0.2, 0.25) is 0 Å². The Morgan fingerprint density at radius 3 is 2.55 bits per heavy atom. The quantitative estimate of drug-likeness (QED) is 0.896. The van der Waals surface area contributed by atoms with Crippen molar-refractivity contribution >= 4 is 33.5 Å². The molecule has 0 aliphatic heterocycles. The first kappa shape index (κ1) is 14.3. The summed E-state index contributed by atoms with van der Waals surface area (Å²) in [6.07, 6.45) is 1.24. The van der Waals surface area contributed by atoms with E-state index in [-0.39, 0.29) is 18.0 Å². The number of rotatable bonds is 4. The van der Waals surface area contributed by atoms with E-state index in [4.69, 9.17) is 5.11 Å². The average molecular weight is 338 g/mol. The fourth-order valence-corrected chi connectivity index (χ4v) is 1.95. The van der Waals surface area contributed by atoms with Crippen LogP contribution in [-0.2, 0) is 11.3 Å². The summed E-state index contributed by atoms with van der Waals surface area (Å²) in [6, 6.07) is 7.16. The number of carbonyl (C=O) groups excluding carboxylic acids is 1. The highest BCUT2D eigenvalue weighted by Crippen LogP contribution is 2.14. The van der Waals surface area contributed by atoms with Gasteiger partial charge in [-0.15, -0.1) is 0 Å². The lowest BCUT2D eigenvalue weighted by atomic mass is 10.3. The van der Waals surface area contributed by atoms with E-state index in [1.807, 2.05) is 12.1 Å². The van der Waals surface area contributed by atoms with E-state index in [1.54, 1.807) is 19.1 Å². The van der Waals surface area contributed by atoms with Crippen LogP contribution in [0.1, 0.15) is 16.1 Å². The second-order valence-corrected chi connectivity index (χ2v) is 5.08. The first-order valence-corrected chi connectivity index (χ1v) is 6.58. The molecule has 2 rings (SSSR count). The van der Waals surface area contributed by atoms with Gasteiger partial charge in [-0.05, 0) is 31.2 Å². The molecule has 1 aromatic carbocycles. The normalized spacial score (nSPS) is 10.3. The summed E-state index contributed by atoms with van der Waals surface area (Å²) in [4.78, 5) is 22.8. The Bertz CT molecular complexity index is 649. The van der Waals surface area contributed by atoms with E-state index in [9.17, 15) is 9.59 Å². The Morgan fingerprint density at radius 1 is 1.35 bits per heavy atom. The van der Waals surface area contributed by atoms with Crippen LogP contribution in [0, 0.1) is 6.92 Å². The van der Waals surface area contributed by atoms with E-state index in [1.165, 1.54) is 10.9 Å². The molecule has 0 aliphatic carbocycles. The Kier molecular flexibility index (Phi) is 4.19. The number of carboxylic acid groups (broad SMARTS) is 1. The lowest BCUT2D eigenvalue weighted by Gasteiger charge is -2.07. The molecule has 6 nitrogen and oxygen atoms in total. The maximum atomic E-state index is 11.9. The Morgan fingerprint density at radius 2 is 2.00 bits per heavy atom. The Balaban J connectivity index is 2.05. The number of carbonyl (C=O) groups is 2. The van der Waals surface area contributed by atoms with Gasteiger partial charge in [0.1, 0.15) is 12.1 Å². The molecule has 0 saturated heterocycles. The SMILES string of the molecule is Cc1c(C(=O)O)cnn1CC(=O)Nc1ccc(Br)cc1. The number of nitrogens with one attached hydrogen (secondary N) is 1. The largest absolute Gasteiger partial charge is 0.478 e. The third kappa shape index (κ3) is 3.24. The van der Waals surface area contributed by atoms with Crippen molar-refractivity contribution in [3.63, 3.8) is 0 Å². The number of hydrogen-bond donors (Lipinski definition) is 2. The van der Waals surface area contributed by atoms with E-state index >= 15 is 0 Å². The highest BCUT2D eigenvalue weighted by molar-refractivity contribution is 9.10. The highest BCUT2D eigenvalue weighted by atomic mass is 79.9. The van der Waals surface area contributed by atoms with Crippen molar-refractivity contribution in [1.29, 1.82) is 0 Å². The Labute approximate surface area is 123 Å². The van der Waals surface area contributed by atoms with Crippen molar-refractivity contribution < 1.29 is 14.7 Å². The van der Waals surface area contributed by atoms with Crippen LogP contribution in [-0.4, -0.2) is 26.8 Å². The number of halogens is 1. The summed E-state index contributed by atoms with van der Waals surface area (Å²) in [5, 5.41) is 15.5. The molecule has 0 unspecified atom stereocenters.